The van der Waals surface area contributed by atoms with Crippen LogP contribution in [0.1, 0.15) is 24.8 Å². The summed E-state index contributed by atoms with van der Waals surface area (Å²) in [5.41, 5.74) is 1.27. The van der Waals surface area contributed by atoms with Gasteiger partial charge in [0, 0.05) is 24.9 Å². The Labute approximate surface area is 176 Å². The average molecular weight is 435 g/mol. The van der Waals surface area contributed by atoms with Gasteiger partial charge in [-0.15, -0.1) is 0 Å². The number of rotatable bonds is 7. The van der Waals surface area contributed by atoms with E-state index in [0.717, 1.165) is 17.0 Å². The molecule has 0 spiro atoms. The van der Waals surface area contributed by atoms with E-state index in [-0.39, 0.29) is 6.42 Å². The van der Waals surface area contributed by atoms with Crippen LogP contribution in [0.15, 0.2) is 48.5 Å². The van der Waals surface area contributed by atoms with E-state index >= 15 is 0 Å². The van der Waals surface area contributed by atoms with E-state index in [0.29, 0.717) is 31.7 Å². The van der Waals surface area contributed by atoms with Crippen molar-refractivity contribution in [2.75, 3.05) is 32.2 Å². The second-order valence-corrected chi connectivity index (χ2v) is 8.50. The van der Waals surface area contributed by atoms with E-state index in [1.165, 1.54) is 0 Å². The van der Waals surface area contributed by atoms with Gasteiger partial charge in [0.1, 0.15) is 11.5 Å². The Kier molecular flexibility index (Phi) is 6.52. The molecule has 0 aliphatic carbocycles. The van der Waals surface area contributed by atoms with Crippen molar-refractivity contribution in [3.05, 3.63) is 54.1 Å². The molecule has 2 aromatic carbocycles. The van der Waals surface area contributed by atoms with Crippen LogP contribution in [0.3, 0.4) is 0 Å². The van der Waals surface area contributed by atoms with Crippen LogP contribution in [0.5, 0.6) is 11.5 Å². The van der Waals surface area contributed by atoms with Crippen molar-refractivity contribution < 1.29 is 27.2 Å². The summed E-state index contributed by atoms with van der Waals surface area (Å²) in [5.74, 6) is 0.691. The second kappa shape index (κ2) is 8.93. The molecule has 1 fully saturated rings. The van der Waals surface area contributed by atoms with Crippen molar-refractivity contribution in [3.63, 3.8) is 0 Å². The summed E-state index contributed by atoms with van der Waals surface area (Å²) >= 11 is 0. The first-order chi connectivity index (χ1) is 14.3. The minimum atomic E-state index is -4.61. The van der Waals surface area contributed by atoms with E-state index in [4.69, 9.17) is 14.0 Å². The fraction of sp³-hybridized carbons (Fsp3) is 0.381. The van der Waals surface area contributed by atoms with Crippen LogP contribution in [0, 0.1) is 0 Å². The predicted octanol–water partition coefficient (Wildman–Crippen LogP) is 2.55. The monoisotopic (exact) mass is 434 g/mol. The van der Waals surface area contributed by atoms with Crippen molar-refractivity contribution in [2.24, 2.45) is 0 Å². The predicted molar refractivity (Wildman–Crippen MR) is 113 cm³/mol. The summed E-state index contributed by atoms with van der Waals surface area (Å²) in [7, 11) is -1.41. The molecule has 9 heteroatoms. The van der Waals surface area contributed by atoms with E-state index < -0.39 is 21.6 Å². The summed E-state index contributed by atoms with van der Waals surface area (Å²) in [6.45, 7) is 1.30. The number of methoxy groups -OCH3 is 2. The lowest BCUT2D eigenvalue weighted by Gasteiger charge is -2.43. The summed E-state index contributed by atoms with van der Waals surface area (Å²) in [6.07, 6.45) is 1.15. The van der Waals surface area contributed by atoms with E-state index in [1.54, 1.807) is 18.9 Å². The molecule has 0 bridgehead atoms. The zero-order valence-corrected chi connectivity index (χ0v) is 17.8. The molecular formula is C21H26N2O6S. The maximum Gasteiger partial charge on any atom is 0.359 e. The number of hydrogen-bond donors (Lipinski definition) is 2. The summed E-state index contributed by atoms with van der Waals surface area (Å²) in [4.78, 5) is 14.6. The van der Waals surface area contributed by atoms with Gasteiger partial charge < -0.3 is 14.4 Å². The number of nitrogens with zero attached hydrogens (tertiary/aromatic N) is 1. The molecule has 0 aromatic heterocycles. The first-order valence-electron chi connectivity index (χ1n) is 9.57. The van der Waals surface area contributed by atoms with Crippen LogP contribution < -0.4 is 19.1 Å². The van der Waals surface area contributed by atoms with Crippen LogP contribution in [-0.2, 0) is 20.5 Å². The first-order valence-corrected chi connectivity index (χ1v) is 11.0. The van der Waals surface area contributed by atoms with E-state index in [1.807, 2.05) is 48.5 Å². The number of ether oxygens (including phenoxy) is 2. The van der Waals surface area contributed by atoms with Gasteiger partial charge in [0.25, 0.3) is 0 Å². The van der Waals surface area contributed by atoms with Gasteiger partial charge in [-0.05, 0) is 42.7 Å². The van der Waals surface area contributed by atoms with Gasteiger partial charge in [0.2, 0.25) is 5.91 Å². The van der Waals surface area contributed by atoms with Crippen molar-refractivity contribution in [1.82, 2.24) is 4.72 Å². The summed E-state index contributed by atoms with van der Waals surface area (Å²) < 4.78 is 43.7. The van der Waals surface area contributed by atoms with Crippen LogP contribution in [0.4, 0.5) is 5.69 Å². The fourth-order valence-electron chi connectivity index (χ4n) is 4.07. The molecule has 2 aromatic rings. The molecule has 0 unspecified atom stereocenters. The highest BCUT2D eigenvalue weighted by atomic mass is 32.2. The number of amides is 1. The molecule has 30 heavy (non-hydrogen) atoms. The van der Waals surface area contributed by atoms with Crippen molar-refractivity contribution in [2.45, 2.75) is 24.7 Å². The summed E-state index contributed by atoms with van der Waals surface area (Å²) in [5, 5.41) is 0. The standard InChI is InChI=1S/C21H26N2O6S/c1-28-17-7-5-6-16(14-17)21(15-20(24)22-30(25,26)27)10-12-23(13-11-21)18-8-3-4-9-19(18)29-2/h3-9,14H,10-13,15H2,1-2H3,(H,22,24)(H,25,26,27). The van der Waals surface area contributed by atoms with Gasteiger partial charge in [0.05, 0.1) is 19.9 Å². The molecule has 1 aliphatic rings. The molecule has 0 saturated carbocycles. The van der Waals surface area contributed by atoms with Gasteiger partial charge >= 0.3 is 10.3 Å². The van der Waals surface area contributed by atoms with Gasteiger partial charge in [0.15, 0.2) is 0 Å². The van der Waals surface area contributed by atoms with Gasteiger partial charge in [-0.3, -0.25) is 9.35 Å². The molecule has 162 valence electrons. The molecule has 1 heterocycles. The van der Waals surface area contributed by atoms with Crippen LogP contribution in [-0.4, -0.2) is 46.2 Å². The number of benzene rings is 2. The zero-order chi connectivity index (χ0) is 21.8. The molecule has 1 saturated heterocycles. The Morgan fingerprint density at radius 1 is 1.10 bits per heavy atom. The second-order valence-electron chi connectivity index (χ2n) is 7.35. The lowest BCUT2D eigenvalue weighted by Crippen LogP contribution is -2.46. The number of hydrogen-bond acceptors (Lipinski definition) is 6. The SMILES string of the molecule is COc1cccc(C2(CC(=O)NS(=O)(=O)O)CCN(c3ccccc3OC)CC2)c1. The fourth-order valence-corrected chi connectivity index (χ4v) is 4.43. The largest absolute Gasteiger partial charge is 0.497 e. The topological polar surface area (TPSA) is 105 Å². The molecule has 2 N–H and O–H groups in total. The Morgan fingerprint density at radius 2 is 1.80 bits per heavy atom. The van der Waals surface area contributed by atoms with E-state index in [9.17, 15) is 13.2 Å². The first kappa shape index (κ1) is 21.9. The highest BCUT2D eigenvalue weighted by Gasteiger charge is 2.39. The number of para-hydroxylation sites is 2. The third-order valence-corrected chi connectivity index (χ3v) is 6.06. The van der Waals surface area contributed by atoms with Crippen LogP contribution in [0.2, 0.25) is 0 Å². The quantitative estimate of drug-likeness (QED) is 0.645. The minimum absolute atomic E-state index is 0.0697. The summed E-state index contributed by atoms with van der Waals surface area (Å²) in [6, 6.07) is 15.2. The normalized spacial score (nSPS) is 16.0. The number of carbonyl (C=O) groups is 1. The minimum Gasteiger partial charge on any atom is -0.497 e. The average Bonchev–Trinajstić information content (AvgIpc) is 2.73. The van der Waals surface area contributed by atoms with E-state index in [2.05, 4.69) is 4.90 Å². The lowest BCUT2D eigenvalue weighted by atomic mass is 9.70. The van der Waals surface area contributed by atoms with Gasteiger partial charge in [-0.2, -0.15) is 8.42 Å². The smallest absolute Gasteiger partial charge is 0.359 e. The van der Waals surface area contributed by atoms with Crippen molar-refractivity contribution in [1.29, 1.82) is 0 Å². The maximum atomic E-state index is 12.4. The number of nitrogens with one attached hydrogen (secondary N) is 1. The lowest BCUT2D eigenvalue weighted by molar-refractivity contribution is -0.120. The maximum absolute atomic E-state index is 12.4. The Hall–Kier alpha value is -2.78. The highest BCUT2D eigenvalue weighted by molar-refractivity contribution is 7.84. The van der Waals surface area contributed by atoms with Gasteiger partial charge in [-0.1, -0.05) is 24.3 Å². The number of carbonyl (C=O) groups excluding carboxylic acids is 1. The molecule has 0 atom stereocenters. The van der Waals surface area contributed by atoms with Crippen molar-refractivity contribution in [3.8, 4) is 11.5 Å². The third-order valence-electron chi connectivity index (χ3n) is 5.57. The highest BCUT2D eigenvalue weighted by Crippen LogP contribution is 2.42. The Balaban J connectivity index is 1.89. The van der Waals surface area contributed by atoms with Gasteiger partial charge in [-0.25, -0.2) is 4.72 Å². The molecule has 3 rings (SSSR count). The molecular weight excluding hydrogens is 408 g/mol. The molecule has 0 radical (unpaired) electrons. The number of piperidine rings is 1. The Morgan fingerprint density at radius 3 is 2.43 bits per heavy atom. The molecule has 1 aliphatic heterocycles. The zero-order valence-electron chi connectivity index (χ0n) is 17.0. The number of anilines is 1. The molecule has 1 amide bonds. The third kappa shape index (κ3) is 5.03. The Bertz CT molecular complexity index is 1000. The van der Waals surface area contributed by atoms with Crippen LogP contribution >= 0.6 is 0 Å². The van der Waals surface area contributed by atoms with Crippen molar-refractivity contribution >= 4 is 21.9 Å². The van der Waals surface area contributed by atoms with Crippen LogP contribution in [0.25, 0.3) is 0 Å². The molecule has 8 nitrogen and oxygen atoms in total.